The van der Waals surface area contributed by atoms with Crippen LogP contribution in [0.25, 0.3) is 22.3 Å². The number of benzene rings is 2. The predicted molar refractivity (Wildman–Crippen MR) is 112 cm³/mol. The standard InChI is InChI=1S/C22H18F2N4O2/c1-30-16-6-7-18-17(11-16)22(26-15-4-2-3-13(9-15)10-19(23)24)28-21(27-18)14-5-8-20(29)25-12-14/h2-9,11-12,19H,10H2,1H3,(H,25,29)(H,26,27,28). The molecule has 0 saturated heterocycles. The number of nitrogens with zero attached hydrogens (tertiary/aromatic N) is 2. The molecule has 0 bridgehead atoms. The highest BCUT2D eigenvalue weighted by Gasteiger charge is 2.12. The first kappa shape index (κ1) is 19.5. The first-order chi connectivity index (χ1) is 14.5. The summed E-state index contributed by atoms with van der Waals surface area (Å²) in [5, 5.41) is 3.92. The molecule has 0 amide bonds. The zero-order valence-corrected chi connectivity index (χ0v) is 16.0. The van der Waals surface area contributed by atoms with Crippen LogP contribution in [0.1, 0.15) is 5.56 Å². The zero-order valence-electron chi connectivity index (χ0n) is 16.0. The number of H-pyrrole nitrogens is 1. The fourth-order valence-corrected chi connectivity index (χ4v) is 3.10. The minimum atomic E-state index is -2.42. The molecule has 152 valence electrons. The molecule has 2 N–H and O–H groups in total. The van der Waals surface area contributed by atoms with Crippen LogP contribution in [0.3, 0.4) is 0 Å². The van der Waals surface area contributed by atoms with Crippen LogP contribution >= 0.6 is 0 Å². The third kappa shape index (κ3) is 4.27. The maximum Gasteiger partial charge on any atom is 0.247 e. The lowest BCUT2D eigenvalue weighted by molar-refractivity contribution is 0.149. The van der Waals surface area contributed by atoms with Crippen LogP contribution in [0.15, 0.2) is 65.6 Å². The lowest BCUT2D eigenvalue weighted by Gasteiger charge is -2.13. The van der Waals surface area contributed by atoms with Crippen LogP contribution in [0.4, 0.5) is 20.3 Å². The molecule has 0 saturated carbocycles. The Labute approximate surface area is 170 Å². The van der Waals surface area contributed by atoms with Gasteiger partial charge in [0.25, 0.3) is 0 Å². The highest BCUT2D eigenvalue weighted by molar-refractivity contribution is 5.93. The lowest BCUT2D eigenvalue weighted by atomic mass is 10.1. The number of nitrogens with one attached hydrogen (secondary N) is 2. The monoisotopic (exact) mass is 408 g/mol. The van der Waals surface area contributed by atoms with E-state index in [-0.39, 0.29) is 12.0 Å². The molecule has 2 heterocycles. The Kier molecular flexibility index (Phi) is 5.38. The number of alkyl halides is 2. The number of aromatic nitrogens is 3. The van der Waals surface area contributed by atoms with Crippen molar-refractivity contribution < 1.29 is 13.5 Å². The van der Waals surface area contributed by atoms with E-state index < -0.39 is 6.43 Å². The van der Waals surface area contributed by atoms with E-state index in [1.165, 1.54) is 6.07 Å². The summed E-state index contributed by atoms with van der Waals surface area (Å²) in [4.78, 5) is 23.2. The van der Waals surface area contributed by atoms with Gasteiger partial charge in [0.1, 0.15) is 11.6 Å². The average Bonchev–Trinajstić information content (AvgIpc) is 2.73. The van der Waals surface area contributed by atoms with Crippen molar-refractivity contribution in [2.75, 3.05) is 12.4 Å². The fourth-order valence-electron chi connectivity index (χ4n) is 3.10. The number of ether oxygens (including phenoxy) is 1. The molecule has 30 heavy (non-hydrogen) atoms. The van der Waals surface area contributed by atoms with Gasteiger partial charge in [0.2, 0.25) is 12.0 Å². The third-order valence-electron chi connectivity index (χ3n) is 4.53. The number of rotatable bonds is 6. The number of aromatic amines is 1. The Balaban J connectivity index is 1.81. The summed E-state index contributed by atoms with van der Waals surface area (Å²) < 4.78 is 30.8. The molecule has 0 aliphatic carbocycles. The highest BCUT2D eigenvalue weighted by atomic mass is 19.3. The average molecular weight is 408 g/mol. The van der Waals surface area contributed by atoms with Crippen LogP contribution < -0.4 is 15.6 Å². The molecule has 0 spiro atoms. The zero-order chi connectivity index (χ0) is 21.1. The van der Waals surface area contributed by atoms with Gasteiger partial charge in [-0.1, -0.05) is 12.1 Å². The SMILES string of the molecule is COc1ccc2nc(-c3ccc(=O)[nH]c3)nc(Nc3cccc(CC(F)F)c3)c2c1. The molecule has 8 heteroatoms. The molecule has 0 aliphatic heterocycles. The minimum Gasteiger partial charge on any atom is -0.497 e. The van der Waals surface area contributed by atoms with E-state index in [4.69, 9.17) is 4.74 Å². The van der Waals surface area contributed by atoms with Gasteiger partial charge >= 0.3 is 0 Å². The predicted octanol–water partition coefficient (Wildman–Crippen LogP) is 4.54. The van der Waals surface area contributed by atoms with Gasteiger partial charge in [-0.15, -0.1) is 0 Å². The van der Waals surface area contributed by atoms with Crippen molar-refractivity contribution in [2.45, 2.75) is 12.8 Å². The number of hydrogen-bond acceptors (Lipinski definition) is 5. The summed E-state index contributed by atoms with van der Waals surface area (Å²) in [6.45, 7) is 0. The number of fused-ring (bicyclic) bond motifs is 1. The summed E-state index contributed by atoms with van der Waals surface area (Å²) >= 11 is 0. The smallest absolute Gasteiger partial charge is 0.247 e. The third-order valence-corrected chi connectivity index (χ3v) is 4.53. The number of halogens is 2. The Bertz CT molecular complexity index is 1240. The van der Waals surface area contributed by atoms with Gasteiger partial charge < -0.3 is 15.0 Å². The van der Waals surface area contributed by atoms with Crippen molar-refractivity contribution in [1.82, 2.24) is 15.0 Å². The Morgan fingerprint density at radius 3 is 2.70 bits per heavy atom. The summed E-state index contributed by atoms with van der Waals surface area (Å²) in [5.74, 6) is 1.54. The minimum absolute atomic E-state index is 0.224. The van der Waals surface area contributed by atoms with Crippen molar-refractivity contribution in [3.05, 3.63) is 76.7 Å². The summed E-state index contributed by atoms with van der Waals surface area (Å²) in [5.41, 5.74) is 2.23. The summed E-state index contributed by atoms with van der Waals surface area (Å²) in [7, 11) is 1.57. The Morgan fingerprint density at radius 1 is 1.10 bits per heavy atom. The second-order valence-corrected chi connectivity index (χ2v) is 6.64. The number of hydrogen-bond donors (Lipinski definition) is 2. The van der Waals surface area contributed by atoms with Crippen LogP contribution in [0.5, 0.6) is 5.75 Å². The van der Waals surface area contributed by atoms with E-state index in [2.05, 4.69) is 20.3 Å². The number of methoxy groups -OCH3 is 1. The molecule has 2 aromatic heterocycles. The summed E-state index contributed by atoms with van der Waals surface area (Å²) in [6.07, 6.45) is -1.20. The Hall–Kier alpha value is -3.81. The van der Waals surface area contributed by atoms with Crippen molar-refractivity contribution in [3.8, 4) is 17.1 Å². The number of anilines is 2. The van der Waals surface area contributed by atoms with Crippen molar-refractivity contribution >= 4 is 22.4 Å². The van der Waals surface area contributed by atoms with Crippen molar-refractivity contribution in [2.24, 2.45) is 0 Å². The van der Waals surface area contributed by atoms with Crippen LogP contribution in [-0.2, 0) is 6.42 Å². The highest BCUT2D eigenvalue weighted by Crippen LogP contribution is 2.30. The molecular formula is C22H18F2N4O2. The van der Waals surface area contributed by atoms with Crippen LogP contribution in [0, 0.1) is 0 Å². The van der Waals surface area contributed by atoms with Crippen molar-refractivity contribution in [1.29, 1.82) is 0 Å². The van der Waals surface area contributed by atoms with Gasteiger partial charge in [-0.05, 0) is 42.0 Å². The topological polar surface area (TPSA) is 79.9 Å². The van der Waals surface area contributed by atoms with Gasteiger partial charge in [0.05, 0.1) is 12.6 Å². The van der Waals surface area contributed by atoms with Gasteiger partial charge in [0.15, 0.2) is 5.82 Å². The van der Waals surface area contributed by atoms with Crippen LogP contribution in [0.2, 0.25) is 0 Å². The van der Waals surface area contributed by atoms with Gasteiger partial charge in [-0.3, -0.25) is 4.79 Å². The largest absolute Gasteiger partial charge is 0.497 e. The first-order valence-corrected chi connectivity index (χ1v) is 9.21. The van der Waals surface area contributed by atoms with Crippen LogP contribution in [-0.4, -0.2) is 28.5 Å². The van der Waals surface area contributed by atoms with E-state index in [0.29, 0.717) is 45.1 Å². The Morgan fingerprint density at radius 2 is 1.97 bits per heavy atom. The molecule has 0 fully saturated rings. The fraction of sp³-hybridized carbons (Fsp3) is 0.136. The molecule has 4 aromatic rings. The molecule has 0 aliphatic rings. The molecule has 2 aromatic carbocycles. The van der Waals surface area contributed by atoms with Gasteiger partial charge in [0, 0.05) is 35.3 Å². The van der Waals surface area contributed by atoms with E-state index in [1.807, 2.05) is 6.07 Å². The van der Waals surface area contributed by atoms with E-state index in [1.54, 1.807) is 55.8 Å². The number of pyridine rings is 1. The summed E-state index contributed by atoms with van der Waals surface area (Å²) in [6, 6.07) is 15.3. The van der Waals surface area contributed by atoms with Crippen molar-refractivity contribution in [3.63, 3.8) is 0 Å². The lowest BCUT2D eigenvalue weighted by Crippen LogP contribution is -2.04. The van der Waals surface area contributed by atoms with E-state index in [9.17, 15) is 13.6 Å². The molecule has 0 radical (unpaired) electrons. The van der Waals surface area contributed by atoms with E-state index in [0.717, 1.165) is 0 Å². The van der Waals surface area contributed by atoms with Gasteiger partial charge in [-0.2, -0.15) is 0 Å². The molecule has 4 rings (SSSR count). The second-order valence-electron chi connectivity index (χ2n) is 6.64. The molecule has 0 atom stereocenters. The first-order valence-electron chi connectivity index (χ1n) is 9.21. The van der Waals surface area contributed by atoms with E-state index >= 15 is 0 Å². The maximum atomic E-state index is 12.8. The molecular weight excluding hydrogens is 390 g/mol. The normalized spacial score (nSPS) is 11.1. The van der Waals surface area contributed by atoms with Gasteiger partial charge in [-0.25, -0.2) is 18.7 Å². The second kappa shape index (κ2) is 8.28. The molecule has 6 nitrogen and oxygen atoms in total. The maximum absolute atomic E-state index is 12.8. The quantitative estimate of drug-likeness (QED) is 0.490. The molecule has 0 unspecified atom stereocenters.